The van der Waals surface area contributed by atoms with Crippen molar-refractivity contribution in [1.29, 1.82) is 0 Å². The molecule has 0 aliphatic carbocycles. The van der Waals surface area contributed by atoms with Gasteiger partial charge in [0.15, 0.2) is 0 Å². The zero-order valence-corrected chi connectivity index (χ0v) is 18.4. The fourth-order valence-corrected chi connectivity index (χ4v) is 3.09. The van der Waals surface area contributed by atoms with Gasteiger partial charge in [0.2, 0.25) is 5.96 Å². The molecule has 162 valence electrons. The molecule has 3 aromatic rings. The fraction of sp³-hybridized carbons (Fsp3) is 0.261. The predicted molar refractivity (Wildman–Crippen MR) is 122 cm³/mol. The van der Waals surface area contributed by atoms with Gasteiger partial charge in [-0.25, -0.2) is 9.38 Å². The number of carbonyl (C=O) groups excluding carboxylic acids is 1. The number of aryl methyl sites for hydroxylation is 2. The van der Waals surface area contributed by atoms with E-state index in [4.69, 9.17) is 0 Å². The number of carbonyl (C=O) groups is 1. The number of nitrogens with zero attached hydrogens (tertiary/aromatic N) is 4. The Balaban J connectivity index is 1.86. The standard InChI is InChI=1S/C23H27FN6O/c1-15-21(16(2)30(5)28-15)14-25-23(26-19-11-9-18(24)10-12-19)27-22(31)17-7-6-8-20(13-17)29(3)4/h6-13H,14H2,1-5H3,(H2,25,26,27,31). The van der Waals surface area contributed by atoms with Gasteiger partial charge in [0, 0.05) is 49.3 Å². The van der Waals surface area contributed by atoms with Crippen molar-refractivity contribution in [1.82, 2.24) is 15.1 Å². The van der Waals surface area contributed by atoms with Gasteiger partial charge in [0.25, 0.3) is 5.91 Å². The third-order valence-corrected chi connectivity index (χ3v) is 5.02. The molecule has 0 aliphatic rings. The highest BCUT2D eigenvalue weighted by Crippen LogP contribution is 2.15. The minimum Gasteiger partial charge on any atom is -0.378 e. The highest BCUT2D eigenvalue weighted by Gasteiger charge is 2.13. The average molecular weight is 423 g/mol. The Morgan fingerprint density at radius 3 is 2.48 bits per heavy atom. The van der Waals surface area contributed by atoms with Crippen molar-refractivity contribution in [2.24, 2.45) is 12.0 Å². The van der Waals surface area contributed by atoms with E-state index in [2.05, 4.69) is 20.7 Å². The second-order valence-corrected chi connectivity index (χ2v) is 7.47. The van der Waals surface area contributed by atoms with Crippen molar-refractivity contribution in [3.63, 3.8) is 0 Å². The summed E-state index contributed by atoms with van der Waals surface area (Å²) in [6.45, 7) is 4.24. The van der Waals surface area contributed by atoms with Crippen LogP contribution in [0.25, 0.3) is 0 Å². The van der Waals surface area contributed by atoms with Crippen LogP contribution < -0.4 is 15.5 Å². The van der Waals surface area contributed by atoms with Gasteiger partial charge in [0.05, 0.1) is 12.2 Å². The molecule has 0 spiro atoms. The van der Waals surface area contributed by atoms with Crippen LogP contribution in [0.4, 0.5) is 15.8 Å². The zero-order valence-electron chi connectivity index (χ0n) is 18.4. The first-order valence-electron chi connectivity index (χ1n) is 9.89. The maximum Gasteiger partial charge on any atom is 0.258 e. The molecule has 31 heavy (non-hydrogen) atoms. The molecule has 1 aromatic heterocycles. The third kappa shape index (κ3) is 5.48. The van der Waals surface area contributed by atoms with Gasteiger partial charge < -0.3 is 10.2 Å². The van der Waals surface area contributed by atoms with Gasteiger partial charge >= 0.3 is 0 Å². The highest BCUT2D eigenvalue weighted by atomic mass is 19.1. The molecule has 3 rings (SSSR count). The first kappa shape index (κ1) is 22.0. The number of aliphatic imine (C=N–C) groups is 1. The molecule has 0 bridgehead atoms. The zero-order chi connectivity index (χ0) is 22.5. The summed E-state index contributed by atoms with van der Waals surface area (Å²) >= 11 is 0. The lowest BCUT2D eigenvalue weighted by Crippen LogP contribution is -2.36. The molecular formula is C23H27FN6O. The number of rotatable bonds is 5. The van der Waals surface area contributed by atoms with Crippen LogP contribution in [0.2, 0.25) is 0 Å². The average Bonchev–Trinajstić information content (AvgIpc) is 2.99. The minimum absolute atomic E-state index is 0.273. The van der Waals surface area contributed by atoms with E-state index in [1.165, 1.54) is 12.1 Å². The number of guanidine groups is 1. The molecule has 8 heteroatoms. The van der Waals surface area contributed by atoms with Gasteiger partial charge in [0.1, 0.15) is 5.82 Å². The van der Waals surface area contributed by atoms with E-state index < -0.39 is 0 Å². The molecule has 1 amide bonds. The number of nitrogens with one attached hydrogen (secondary N) is 2. The quantitative estimate of drug-likeness (QED) is 0.486. The lowest BCUT2D eigenvalue weighted by atomic mass is 10.2. The molecule has 7 nitrogen and oxygen atoms in total. The van der Waals surface area contributed by atoms with Crippen molar-refractivity contribution >= 4 is 23.2 Å². The molecule has 1 heterocycles. The number of anilines is 2. The van der Waals surface area contributed by atoms with Crippen LogP contribution >= 0.6 is 0 Å². The second kappa shape index (κ2) is 9.42. The van der Waals surface area contributed by atoms with Crippen molar-refractivity contribution in [3.05, 3.63) is 76.9 Å². The Labute approximate surface area is 181 Å². The summed E-state index contributed by atoms with van der Waals surface area (Å²) in [5.41, 5.74) is 4.92. The number of aromatic nitrogens is 2. The SMILES string of the molecule is Cc1nn(C)c(C)c1CN=C(NC(=O)c1cccc(N(C)C)c1)Nc1ccc(F)cc1. The Bertz CT molecular complexity index is 1100. The number of halogens is 1. The van der Waals surface area contributed by atoms with Crippen LogP contribution in [0.15, 0.2) is 53.5 Å². The Morgan fingerprint density at radius 2 is 1.87 bits per heavy atom. The topological polar surface area (TPSA) is 74.5 Å². The lowest BCUT2D eigenvalue weighted by Gasteiger charge is -2.15. The van der Waals surface area contributed by atoms with Gasteiger partial charge in [-0.1, -0.05) is 6.07 Å². The van der Waals surface area contributed by atoms with Crippen LogP contribution in [-0.4, -0.2) is 35.7 Å². The number of hydrogen-bond donors (Lipinski definition) is 2. The first-order valence-corrected chi connectivity index (χ1v) is 9.89. The van der Waals surface area contributed by atoms with Gasteiger partial charge in [-0.15, -0.1) is 0 Å². The van der Waals surface area contributed by atoms with E-state index in [1.807, 2.05) is 52.0 Å². The third-order valence-electron chi connectivity index (χ3n) is 5.02. The summed E-state index contributed by atoms with van der Waals surface area (Å²) in [7, 11) is 5.71. The molecular weight excluding hydrogens is 395 g/mol. The summed E-state index contributed by atoms with van der Waals surface area (Å²) in [6.07, 6.45) is 0. The van der Waals surface area contributed by atoms with Gasteiger partial charge in [-0.05, 0) is 56.3 Å². The number of hydrogen-bond acceptors (Lipinski definition) is 4. The summed E-state index contributed by atoms with van der Waals surface area (Å²) in [6, 6.07) is 13.2. The maximum absolute atomic E-state index is 13.3. The number of amides is 1. The van der Waals surface area contributed by atoms with E-state index in [0.717, 1.165) is 22.6 Å². The van der Waals surface area contributed by atoms with Crippen LogP contribution in [-0.2, 0) is 13.6 Å². The molecule has 2 N–H and O–H groups in total. The Morgan fingerprint density at radius 1 is 1.16 bits per heavy atom. The van der Waals surface area contributed by atoms with E-state index >= 15 is 0 Å². The van der Waals surface area contributed by atoms with Crippen LogP contribution in [0.1, 0.15) is 27.3 Å². The van der Waals surface area contributed by atoms with Crippen molar-refractivity contribution in [2.75, 3.05) is 24.3 Å². The van der Waals surface area contributed by atoms with Crippen LogP contribution in [0.3, 0.4) is 0 Å². The van der Waals surface area contributed by atoms with E-state index in [0.29, 0.717) is 17.8 Å². The van der Waals surface area contributed by atoms with Crippen molar-refractivity contribution in [2.45, 2.75) is 20.4 Å². The molecule has 0 saturated heterocycles. The maximum atomic E-state index is 13.3. The molecule has 0 aliphatic heterocycles. The first-order chi connectivity index (χ1) is 14.7. The van der Waals surface area contributed by atoms with E-state index in [1.54, 1.807) is 28.9 Å². The van der Waals surface area contributed by atoms with Crippen LogP contribution in [0, 0.1) is 19.7 Å². The Hall–Kier alpha value is -3.68. The van der Waals surface area contributed by atoms with Gasteiger partial charge in [-0.2, -0.15) is 5.10 Å². The van der Waals surface area contributed by atoms with Gasteiger partial charge in [-0.3, -0.25) is 14.8 Å². The van der Waals surface area contributed by atoms with E-state index in [-0.39, 0.29) is 17.7 Å². The lowest BCUT2D eigenvalue weighted by molar-refractivity contribution is 0.0977. The van der Waals surface area contributed by atoms with Crippen molar-refractivity contribution < 1.29 is 9.18 Å². The summed E-state index contributed by atoms with van der Waals surface area (Å²) in [5, 5.41) is 10.3. The van der Waals surface area contributed by atoms with Crippen LogP contribution in [0.5, 0.6) is 0 Å². The largest absolute Gasteiger partial charge is 0.378 e. The highest BCUT2D eigenvalue weighted by molar-refractivity contribution is 6.10. The molecule has 0 radical (unpaired) electrons. The Kier molecular flexibility index (Phi) is 6.69. The van der Waals surface area contributed by atoms with Crippen molar-refractivity contribution in [3.8, 4) is 0 Å². The number of benzene rings is 2. The fourth-order valence-electron chi connectivity index (χ4n) is 3.09. The smallest absolute Gasteiger partial charge is 0.258 e. The predicted octanol–water partition coefficient (Wildman–Crippen LogP) is 3.64. The summed E-state index contributed by atoms with van der Waals surface area (Å²) in [4.78, 5) is 19.4. The molecule has 0 fully saturated rings. The summed E-state index contributed by atoms with van der Waals surface area (Å²) in [5.74, 6) is -0.360. The molecule has 2 aromatic carbocycles. The molecule has 0 saturated carbocycles. The second-order valence-electron chi connectivity index (χ2n) is 7.47. The summed E-state index contributed by atoms with van der Waals surface area (Å²) < 4.78 is 15.1. The minimum atomic E-state index is -0.338. The molecule has 0 unspecified atom stereocenters. The monoisotopic (exact) mass is 422 g/mol. The normalized spacial score (nSPS) is 11.4. The molecule has 0 atom stereocenters. The van der Waals surface area contributed by atoms with E-state index in [9.17, 15) is 9.18 Å².